The minimum atomic E-state index is -3.08. The lowest BCUT2D eigenvalue weighted by Crippen LogP contribution is -2.47. The van der Waals surface area contributed by atoms with E-state index < -0.39 is 10.0 Å². The molecule has 0 spiro atoms. The maximum atomic E-state index is 11.4. The van der Waals surface area contributed by atoms with Gasteiger partial charge in [0.15, 0.2) is 0 Å². The van der Waals surface area contributed by atoms with Crippen molar-refractivity contribution in [1.82, 2.24) is 9.21 Å². The van der Waals surface area contributed by atoms with Crippen molar-refractivity contribution >= 4 is 15.9 Å². The largest absolute Gasteiger partial charge is 0.384 e. The fourth-order valence-electron chi connectivity index (χ4n) is 2.31. The molecule has 1 saturated heterocycles. The van der Waals surface area contributed by atoms with Gasteiger partial charge in [-0.15, -0.1) is 0 Å². The zero-order chi connectivity index (χ0) is 14.8. The highest BCUT2D eigenvalue weighted by molar-refractivity contribution is 7.88. The Morgan fingerprint density at radius 1 is 1.30 bits per heavy atom. The van der Waals surface area contributed by atoms with Crippen LogP contribution >= 0.6 is 0 Å². The molecule has 1 fully saturated rings. The summed E-state index contributed by atoms with van der Waals surface area (Å²) >= 11 is 0. The maximum Gasteiger partial charge on any atom is 0.211 e. The first-order chi connectivity index (χ1) is 9.36. The smallest absolute Gasteiger partial charge is 0.211 e. The second kappa shape index (κ2) is 5.90. The predicted molar refractivity (Wildman–Crippen MR) is 79.2 cm³/mol. The molecular formula is C13H20N4O2S. The van der Waals surface area contributed by atoms with Crippen molar-refractivity contribution in [3.05, 3.63) is 35.4 Å². The second-order valence-electron chi connectivity index (χ2n) is 5.05. The Bertz CT molecular complexity index is 592. The van der Waals surface area contributed by atoms with Gasteiger partial charge in [0.05, 0.1) is 6.26 Å². The molecule has 3 N–H and O–H groups in total. The van der Waals surface area contributed by atoms with Gasteiger partial charge < -0.3 is 5.73 Å². The van der Waals surface area contributed by atoms with E-state index in [9.17, 15) is 8.42 Å². The van der Waals surface area contributed by atoms with Crippen LogP contribution < -0.4 is 5.73 Å². The standard InChI is InChI=1S/C13H20N4O2S/c1-20(18,19)17-7-5-16(6-8-17)10-11-3-2-4-12(9-11)13(14)15/h2-4,9H,5-8,10H2,1H3,(H3,14,15). The molecule has 1 aromatic rings. The van der Waals surface area contributed by atoms with Crippen molar-refractivity contribution in [2.75, 3.05) is 32.4 Å². The summed E-state index contributed by atoms with van der Waals surface area (Å²) < 4.78 is 24.4. The van der Waals surface area contributed by atoms with E-state index in [1.807, 2.05) is 24.3 Å². The zero-order valence-electron chi connectivity index (χ0n) is 11.5. The van der Waals surface area contributed by atoms with E-state index in [0.29, 0.717) is 13.1 Å². The average Bonchev–Trinajstić information content (AvgIpc) is 2.38. The van der Waals surface area contributed by atoms with E-state index in [1.54, 1.807) is 0 Å². The van der Waals surface area contributed by atoms with Gasteiger partial charge in [-0.05, 0) is 11.6 Å². The van der Waals surface area contributed by atoms with E-state index in [-0.39, 0.29) is 5.84 Å². The van der Waals surface area contributed by atoms with Crippen LogP contribution in [0, 0.1) is 5.41 Å². The third-order valence-electron chi connectivity index (χ3n) is 3.44. The van der Waals surface area contributed by atoms with E-state index in [2.05, 4.69) is 4.90 Å². The molecule has 7 heteroatoms. The minimum Gasteiger partial charge on any atom is -0.384 e. The van der Waals surface area contributed by atoms with Crippen LogP contribution in [0.1, 0.15) is 11.1 Å². The number of sulfonamides is 1. The molecule has 1 heterocycles. The number of nitrogen functional groups attached to an aromatic ring is 1. The van der Waals surface area contributed by atoms with E-state index in [1.165, 1.54) is 10.6 Å². The normalized spacial score (nSPS) is 18.1. The summed E-state index contributed by atoms with van der Waals surface area (Å²) in [5.41, 5.74) is 7.29. The number of amidine groups is 1. The first-order valence-corrected chi connectivity index (χ1v) is 8.32. The first kappa shape index (κ1) is 15.0. The van der Waals surface area contributed by atoms with Crippen LogP contribution in [-0.4, -0.2) is 55.9 Å². The van der Waals surface area contributed by atoms with E-state index in [4.69, 9.17) is 11.1 Å². The molecule has 6 nitrogen and oxygen atoms in total. The third-order valence-corrected chi connectivity index (χ3v) is 4.75. The molecule has 0 amide bonds. The van der Waals surface area contributed by atoms with Gasteiger partial charge in [-0.3, -0.25) is 10.3 Å². The van der Waals surface area contributed by atoms with Crippen molar-refractivity contribution in [2.45, 2.75) is 6.54 Å². The first-order valence-electron chi connectivity index (χ1n) is 6.47. The highest BCUT2D eigenvalue weighted by Crippen LogP contribution is 2.12. The highest BCUT2D eigenvalue weighted by Gasteiger charge is 2.23. The van der Waals surface area contributed by atoms with Crippen molar-refractivity contribution in [1.29, 1.82) is 5.41 Å². The van der Waals surface area contributed by atoms with Gasteiger partial charge in [-0.2, -0.15) is 4.31 Å². The van der Waals surface area contributed by atoms with Crippen LogP contribution in [0.3, 0.4) is 0 Å². The van der Waals surface area contributed by atoms with Gasteiger partial charge in [0.1, 0.15) is 5.84 Å². The van der Waals surface area contributed by atoms with Crippen LogP contribution in [0.4, 0.5) is 0 Å². The molecule has 0 atom stereocenters. The summed E-state index contributed by atoms with van der Waals surface area (Å²) in [7, 11) is -3.08. The van der Waals surface area contributed by atoms with Crippen molar-refractivity contribution < 1.29 is 8.42 Å². The summed E-state index contributed by atoms with van der Waals surface area (Å²) in [6.45, 7) is 3.25. The number of hydrogen-bond acceptors (Lipinski definition) is 4. The van der Waals surface area contributed by atoms with Crippen LogP contribution in [0.5, 0.6) is 0 Å². The van der Waals surface area contributed by atoms with Gasteiger partial charge >= 0.3 is 0 Å². The van der Waals surface area contributed by atoms with Gasteiger partial charge in [-0.25, -0.2) is 8.42 Å². The molecule has 0 aliphatic carbocycles. The number of benzene rings is 1. The molecule has 1 aliphatic heterocycles. The number of rotatable bonds is 4. The second-order valence-corrected chi connectivity index (χ2v) is 7.03. The fraction of sp³-hybridized carbons (Fsp3) is 0.462. The molecular weight excluding hydrogens is 276 g/mol. The Balaban J connectivity index is 1.96. The molecule has 0 radical (unpaired) electrons. The lowest BCUT2D eigenvalue weighted by molar-refractivity contribution is 0.182. The van der Waals surface area contributed by atoms with Gasteiger partial charge in [0.25, 0.3) is 0 Å². The van der Waals surface area contributed by atoms with Gasteiger partial charge in [-0.1, -0.05) is 18.2 Å². The monoisotopic (exact) mass is 296 g/mol. The molecule has 1 aromatic carbocycles. The molecule has 0 unspecified atom stereocenters. The van der Waals surface area contributed by atoms with Crippen LogP contribution in [0.25, 0.3) is 0 Å². The quantitative estimate of drug-likeness (QED) is 0.606. The Hall–Kier alpha value is -1.44. The topological polar surface area (TPSA) is 90.5 Å². The molecule has 1 aliphatic rings. The lowest BCUT2D eigenvalue weighted by Gasteiger charge is -2.33. The summed E-state index contributed by atoms with van der Waals surface area (Å²) in [6, 6.07) is 7.60. The molecule has 20 heavy (non-hydrogen) atoms. The molecule has 0 saturated carbocycles. The number of hydrogen-bond donors (Lipinski definition) is 2. The summed E-state index contributed by atoms with van der Waals surface area (Å²) in [5, 5.41) is 7.44. The third kappa shape index (κ3) is 3.78. The number of piperazine rings is 1. The minimum absolute atomic E-state index is 0.0637. The fourth-order valence-corrected chi connectivity index (χ4v) is 3.14. The molecule has 0 aromatic heterocycles. The zero-order valence-corrected chi connectivity index (χ0v) is 12.4. The number of nitrogens with two attached hydrogens (primary N) is 1. The van der Waals surface area contributed by atoms with Crippen molar-refractivity contribution in [3.63, 3.8) is 0 Å². The Morgan fingerprint density at radius 2 is 1.95 bits per heavy atom. The van der Waals surface area contributed by atoms with Crippen molar-refractivity contribution in [3.8, 4) is 0 Å². The molecule has 0 bridgehead atoms. The Kier molecular flexibility index (Phi) is 4.42. The van der Waals surface area contributed by atoms with Crippen LogP contribution in [0.15, 0.2) is 24.3 Å². The average molecular weight is 296 g/mol. The molecule has 2 rings (SSSR count). The highest BCUT2D eigenvalue weighted by atomic mass is 32.2. The van der Waals surface area contributed by atoms with Gasteiger partial charge in [0, 0.05) is 38.3 Å². The Morgan fingerprint density at radius 3 is 2.50 bits per heavy atom. The summed E-state index contributed by atoms with van der Waals surface area (Å²) in [6.07, 6.45) is 1.25. The SMILES string of the molecule is CS(=O)(=O)N1CCN(Cc2cccc(C(=N)N)c2)CC1. The summed E-state index contributed by atoms with van der Waals surface area (Å²) in [5.74, 6) is 0.0637. The van der Waals surface area contributed by atoms with E-state index in [0.717, 1.165) is 30.8 Å². The van der Waals surface area contributed by atoms with Crippen molar-refractivity contribution in [2.24, 2.45) is 5.73 Å². The Labute approximate surface area is 119 Å². The predicted octanol–water partition coefficient (Wildman–Crippen LogP) is 0.0479. The maximum absolute atomic E-state index is 11.4. The van der Waals surface area contributed by atoms with E-state index >= 15 is 0 Å². The number of nitrogens with zero attached hydrogens (tertiary/aromatic N) is 2. The summed E-state index contributed by atoms with van der Waals surface area (Å²) in [4.78, 5) is 2.21. The molecule has 110 valence electrons. The number of nitrogens with one attached hydrogen (secondary N) is 1. The van der Waals surface area contributed by atoms with Crippen LogP contribution in [-0.2, 0) is 16.6 Å². The lowest BCUT2D eigenvalue weighted by atomic mass is 10.1. The van der Waals surface area contributed by atoms with Gasteiger partial charge in [0.2, 0.25) is 10.0 Å². The van der Waals surface area contributed by atoms with Crippen LogP contribution in [0.2, 0.25) is 0 Å².